The van der Waals surface area contributed by atoms with Crippen LogP contribution in [0.3, 0.4) is 0 Å². The Morgan fingerprint density at radius 2 is 1.75 bits per heavy atom. The third kappa shape index (κ3) is 0.216. The van der Waals surface area contributed by atoms with Crippen molar-refractivity contribution in [3.8, 4) is 0 Å². The molecule has 1 aliphatic heterocycles. The van der Waals surface area contributed by atoms with Crippen molar-refractivity contribution < 1.29 is 9.61 Å². The molecule has 3 heteroatoms. The predicted octanol–water partition coefficient (Wildman–Crippen LogP) is 0.0662. The highest BCUT2D eigenvalue weighted by molar-refractivity contribution is 6.47. The lowest BCUT2D eigenvalue weighted by Gasteiger charge is -1.28. The summed E-state index contributed by atoms with van der Waals surface area (Å²) in [6, 6.07) is 0. The Kier molecular flexibility index (Phi) is 0.265. The summed E-state index contributed by atoms with van der Waals surface area (Å²) in [6.45, 7) is 1.83. The maximum Gasteiger partial charge on any atom is 0.513 e. The zero-order valence-corrected chi connectivity index (χ0v) is 2.39. The van der Waals surface area contributed by atoms with Gasteiger partial charge in [0.05, 0.1) is 0 Å². The first-order chi connectivity index (χ1) is 1.89. The second kappa shape index (κ2) is 0.473. The van der Waals surface area contributed by atoms with Gasteiger partial charge in [0, 0.05) is 0 Å². The highest BCUT2D eigenvalue weighted by Crippen LogP contribution is 2.02. The molecule has 1 rings (SSSR count). The van der Waals surface area contributed by atoms with E-state index in [1.807, 2.05) is 6.82 Å². The minimum absolute atomic E-state index is 0.0833. The van der Waals surface area contributed by atoms with Crippen LogP contribution in [0.4, 0.5) is 0 Å². The van der Waals surface area contributed by atoms with Gasteiger partial charge in [-0.05, 0) is 6.82 Å². The van der Waals surface area contributed by atoms with Crippen LogP contribution in [0.5, 0.6) is 0 Å². The molecule has 1 aliphatic rings. The average molecular weight is 57.8 g/mol. The lowest BCUT2D eigenvalue weighted by atomic mass is 10.0. The Labute approximate surface area is 24.8 Å². The largest absolute Gasteiger partial charge is 0.513 e. The van der Waals surface area contributed by atoms with Crippen molar-refractivity contribution in [2.45, 2.75) is 6.82 Å². The fourth-order valence-corrected chi connectivity index (χ4v) is 0.0556. The van der Waals surface area contributed by atoms with E-state index in [0.29, 0.717) is 0 Å². The minimum atomic E-state index is 0.0833. The highest BCUT2D eigenvalue weighted by Gasteiger charge is 2.26. The van der Waals surface area contributed by atoms with Gasteiger partial charge in [-0.25, -0.2) is 0 Å². The Morgan fingerprint density at radius 3 is 1.75 bits per heavy atom. The van der Waals surface area contributed by atoms with Crippen molar-refractivity contribution in [1.82, 2.24) is 0 Å². The first kappa shape index (κ1) is 2.24. The SMILES string of the molecule is CB1OO1. The average Bonchev–Trinajstić information content (AvgIpc) is 1.75. The fourth-order valence-electron chi connectivity index (χ4n) is 0.0556. The number of hydrogen-bond donors (Lipinski definition) is 0. The summed E-state index contributed by atoms with van der Waals surface area (Å²) in [5, 5.41) is 0. The Morgan fingerprint density at radius 1 is 1.50 bits per heavy atom. The molecule has 2 nitrogen and oxygen atoms in total. The molecule has 0 aromatic rings. The van der Waals surface area contributed by atoms with Crippen molar-refractivity contribution in [1.29, 1.82) is 0 Å². The normalized spacial score (nSPS) is 21.8. The van der Waals surface area contributed by atoms with Gasteiger partial charge in [-0.1, -0.05) is 0 Å². The molecular formula is CH3BO2. The van der Waals surface area contributed by atoms with Gasteiger partial charge in [0.2, 0.25) is 0 Å². The van der Waals surface area contributed by atoms with E-state index in [1.165, 1.54) is 0 Å². The molecule has 0 saturated carbocycles. The molecule has 1 heterocycles. The first-order valence-corrected chi connectivity index (χ1v) is 1.22. The second-order valence-electron chi connectivity index (χ2n) is 0.760. The summed E-state index contributed by atoms with van der Waals surface area (Å²) < 4.78 is 0. The summed E-state index contributed by atoms with van der Waals surface area (Å²) in [5.41, 5.74) is 0. The van der Waals surface area contributed by atoms with Crippen LogP contribution in [-0.2, 0) is 9.61 Å². The Balaban J connectivity index is 2.17. The van der Waals surface area contributed by atoms with Crippen LogP contribution in [0.15, 0.2) is 0 Å². The summed E-state index contributed by atoms with van der Waals surface area (Å²) in [5.74, 6) is 0. The maximum absolute atomic E-state index is 4.21. The van der Waals surface area contributed by atoms with Crippen LogP contribution >= 0.6 is 0 Å². The van der Waals surface area contributed by atoms with Gasteiger partial charge < -0.3 is 0 Å². The summed E-state index contributed by atoms with van der Waals surface area (Å²) in [4.78, 5) is 8.42. The molecule has 0 bridgehead atoms. The van der Waals surface area contributed by atoms with Gasteiger partial charge in [-0.15, -0.1) is 0 Å². The van der Waals surface area contributed by atoms with Gasteiger partial charge in [0.25, 0.3) is 0 Å². The molecule has 0 aromatic heterocycles. The maximum atomic E-state index is 4.21. The van der Waals surface area contributed by atoms with Gasteiger partial charge in [0.15, 0.2) is 0 Å². The van der Waals surface area contributed by atoms with Crippen LogP contribution in [0, 0.1) is 0 Å². The second-order valence-corrected chi connectivity index (χ2v) is 0.760. The van der Waals surface area contributed by atoms with E-state index >= 15 is 0 Å². The quantitative estimate of drug-likeness (QED) is 0.223. The summed E-state index contributed by atoms with van der Waals surface area (Å²) in [7, 11) is 0.0833. The van der Waals surface area contributed by atoms with Crippen molar-refractivity contribution in [3.05, 3.63) is 0 Å². The molecular weight excluding hydrogens is 54.8 g/mol. The third-order valence-electron chi connectivity index (χ3n) is 0.289. The van der Waals surface area contributed by atoms with Crippen molar-refractivity contribution in [2.24, 2.45) is 0 Å². The smallest absolute Gasteiger partial charge is 0.274 e. The van der Waals surface area contributed by atoms with Gasteiger partial charge in [-0.2, -0.15) is 0 Å². The molecule has 22 valence electrons. The molecule has 0 spiro atoms. The molecule has 0 aromatic carbocycles. The lowest BCUT2D eigenvalue weighted by Crippen LogP contribution is -1.68. The first-order valence-electron chi connectivity index (χ1n) is 1.22. The summed E-state index contributed by atoms with van der Waals surface area (Å²) in [6.07, 6.45) is 0. The van der Waals surface area contributed by atoms with E-state index < -0.39 is 0 Å². The molecule has 1 fully saturated rings. The van der Waals surface area contributed by atoms with Gasteiger partial charge in [0.1, 0.15) is 0 Å². The monoisotopic (exact) mass is 58.0 g/mol. The van der Waals surface area contributed by atoms with Gasteiger partial charge >= 0.3 is 7.12 Å². The predicted molar refractivity (Wildman–Crippen MR) is 13.8 cm³/mol. The van der Waals surface area contributed by atoms with Crippen molar-refractivity contribution >= 4 is 7.12 Å². The minimum Gasteiger partial charge on any atom is -0.274 e. The molecule has 0 N–H and O–H groups in total. The fraction of sp³-hybridized carbons (Fsp3) is 1.00. The van der Waals surface area contributed by atoms with Crippen molar-refractivity contribution in [3.63, 3.8) is 0 Å². The van der Waals surface area contributed by atoms with E-state index in [-0.39, 0.29) is 7.12 Å². The number of rotatable bonds is 0. The zero-order valence-electron chi connectivity index (χ0n) is 2.39. The van der Waals surface area contributed by atoms with E-state index in [0.717, 1.165) is 0 Å². The molecule has 0 unspecified atom stereocenters. The lowest BCUT2D eigenvalue weighted by molar-refractivity contribution is 0.0850. The van der Waals surface area contributed by atoms with Crippen LogP contribution in [-0.4, -0.2) is 7.12 Å². The van der Waals surface area contributed by atoms with Gasteiger partial charge in [-0.3, -0.25) is 9.61 Å². The van der Waals surface area contributed by atoms with Crippen LogP contribution in [0.25, 0.3) is 0 Å². The van der Waals surface area contributed by atoms with Crippen LogP contribution < -0.4 is 0 Å². The van der Waals surface area contributed by atoms with E-state index in [2.05, 4.69) is 9.61 Å². The zero-order chi connectivity index (χ0) is 2.99. The molecule has 0 aliphatic carbocycles. The van der Waals surface area contributed by atoms with E-state index in [1.54, 1.807) is 0 Å². The molecule has 0 atom stereocenters. The Hall–Kier alpha value is -0.0151. The molecule has 4 heavy (non-hydrogen) atoms. The van der Waals surface area contributed by atoms with Crippen LogP contribution in [0.2, 0.25) is 6.82 Å². The molecule has 1 saturated heterocycles. The molecule has 0 amide bonds. The standard InChI is InChI=1S/CH3BO2/c1-2-3-4-2/h1H3. The molecule has 0 radical (unpaired) electrons. The van der Waals surface area contributed by atoms with Crippen molar-refractivity contribution in [2.75, 3.05) is 0 Å². The number of hydrogen-bond acceptors (Lipinski definition) is 2. The van der Waals surface area contributed by atoms with E-state index in [9.17, 15) is 0 Å². The third-order valence-corrected chi connectivity index (χ3v) is 0.289. The Bertz CT molecular complexity index is 25.2. The summed E-state index contributed by atoms with van der Waals surface area (Å²) >= 11 is 0. The highest BCUT2D eigenvalue weighted by atomic mass is 17.3. The topological polar surface area (TPSA) is 25.1 Å². The van der Waals surface area contributed by atoms with E-state index in [4.69, 9.17) is 0 Å². The van der Waals surface area contributed by atoms with Crippen LogP contribution in [0.1, 0.15) is 0 Å².